The Kier molecular flexibility index (Phi) is 6.15. The van der Waals surface area contributed by atoms with Crippen molar-refractivity contribution in [3.63, 3.8) is 0 Å². The van der Waals surface area contributed by atoms with Crippen molar-refractivity contribution in [1.29, 1.82) is 0 Å². The van der Waals surface area contributed by atoms with Gasteiger partial charge < -0.3 is 25.6 Å². The minimum absolute atomic E-state index is 0.0749. The van der Waals surface area contributed by atoms with Gasteiger partial charge >= 0.3 is 12.1 Å². The van der Waals surface area contributed by atoms with E-state index in [4.69, 9.17) is 9.84 Å². The minimum atomic E-state index is -1.28. The first kappa shape index (κ1) is 18.8. The molecule has 2 rings (SSSR count). The number of hydrogen-bond donors (Lipinski definition) is 4. The topological polar surface area (TPSA) is 125 Å². The number of benzene rings is 2. The number of carbonyl (C=O) groups excluding carboxylic acids is 2. The molecule has 0 aliphatic carbocycles. The normalized spacial score (nSPS) is 11.3. The Labute approximate surface area is 149 Å². The number of alkyl carbamates (subject to hydrolysis) is 1. The molecule has 0 unspecified atom stereocenters. The van der Waals surface area contributed by atoms with Gasteiger partial charge in [-0.2, -0.15) is 0 Å². The number of phenols is 1. The summed E-state index contributed by atoms with van der Waals surface area (Å²) in [5.74, 6) is -2.31. The van der Waals surface area contributed by atoms with E-state index in [1.807, 2.05) is 18.2 Å². The highest BCUT2D eigenvalue weighted by molar-refractivity contribution is 5.97. The van der Waals surface area contributed by atoms with Gasteiger partial charge in [0.15, 0.2) is 0 Å². The van der Waals surface area contributed by atoms with Gasteiger partial charge in [0, 0.05) is 11.8 Å². The van der Waals surface area contributed by atoms with Crippen LogP contribution in [0.3, 0.4) is 0 Å². The molecule has 0 fully saturated rings. The molecule has 0 heterocycles. The van der Waals surface area contributed by atoms with Crippen LogP contribution in [0.2, 0.25) is 0 Å². The Balaban J connectivity index is 1.86. The van der Waals surface area contributed by atoms with Gasteiger partial charge in [-0.15, -0.1) is 0 Å². The van der Waals surface area contributed by atoms with Crippen LogP contribution in [0.25, 0.3) is 0 Å². The Morgan fingerprint density at radius 1 is 1.12 bits per heavy atom. The molecule has 8 nitrogen and oxygen atoms in total. The molecule has 2 aromatic rings. The highest BCUT2D eigenvalue weighted by Crippen LogP contribution is 2.22. The highest BCUT2D eigenvalue weighted by Gasteiger charge is 2.17. The summed E-state index contributed by atoms with van der Waals surface area (Å²) in [4.78, 5) is 34.7. The predicted molar refractivity (Wildman–Crippen MR) is 92.9 cm³/mol. The first-order chi connectivity index (χ1) is 12.4. The standard InChI is InChI=1S/C18H18N2O6/c1-11(19-18(25)26-10-12-5-3-2-4-6-12)16(22)20-13-7-8-14(17(23)24)15(21)9-13/h2-9,11,21H,10H2,1H3,(H,19,25)(H,20,22)(H,23,24)/t11-/m1/s1. The van der Waals surface area contributed by atoms with Crippen LogP contribution in [-0.2, 0) is 16.1 Å². The zero-order valence-corrected chi connectivity index (χ0v) is 13.9. The van der Waals surface area contributed by atoms with E-state index in [1.54, 1.807) is 12.1 Å². The van der Waals surface area contributed by atoms with Crippen molar-refractivity contribution in [3.05, 3.63) is 59.7 Å². The summed E-state index contributed by atoms with van der Waals surface area (Å²) < 4.78 is 5.02. The fourth-order valence-corrected chi connectivity index (χ4v) is 2.05. The van der Waals surface area contributed by atoms with Gasteiger partial charge in [0.1, 0.15) is 24.0 Å². The van der Waals surface area contributed by atoms with Crippen molar-refractivity contribution >= 4 is 23.7 Å². The van der Waals surface area contributed by atoms with Crippen LogP contribution in [0.1, 0.15) is 22.8 Å². The molecule has 0 saturated carbocycles. The van der Waals surface area contributed by atoms with E-state index in [-0.39, 0.29) is 17.9 Å². The quantitative estimate of drug-likeness (QED) is 0.628. The molecule has 0 spiro atoms. The summed E-state index contributed by atoms with van der Waals surface area (Å²) in [6, 6.07) is 11.8. The Hall–Kier alpha value is -3.55. The molecule has 0 radical (unpaired) electrons. The summed E-state index contributed by atoms with van der Waals surface area (Å²) in [6.45, 7) is 1.54. The number of carboxylic acids is 1. The second-order valence-electron chi connectivity index (χ2n) is 5.45. The van der Waals surface area contributed by atoms with Crippen LogP contribution in [0.4, 0.5) is 10.5 Å². The number of rotatable bonds is 6. The SMILES string of the molecule is C[C@@H](NC(=O)OCc1ccccc1)C(=O)Nc1ccc(C(=O)O)c(O)c1. The molecule has 0 bridgehead atoms. The van der Waals surface area contributed by atoms with Crippen LogP contribution in [0.15, 0.2) is 48.5 Å². The molecule has 2 amide bonds. The van der Waals surface area contributed by atoms with Gasteiger partial charge in [-0.3, -0.25) is 4.79 Å². The lowest BCUT2D eigenvalue weighted by molar-refractivity contribution is -0.117. The summed E-state index contributed by atoms with van der Waals surface area (Å²) in [5, 5.41) is 23.3. The molecule has 1 atom stereocenters. The molecule has 2 aromatic carbocycles. The summed E-state index contributed by atoms with van der Waals surface area (Å²) in [6.07, 6.45) is -0.749. The van der Waals surface area contributed by atoms with E-state index in [2.05, 4.69) is 10.6 Å². The van der Waals surface area contributed by atoms with Crippen molar-refractivity contribution in [2.75, 3.05) is 5.32 Å². The lowest BCUT2D eigenvalue weighted by Gasteiger charge is -2.14. The minimum Gasteiger partial charge on any atom is -0.507 e. The molecular formula is C18H18N2O6. The van der Waals surface area contributed by atoms with E-state index in [1.165, 1.54) is 19.1 Å². The number of aromatic carboxylic acids is 1. The maximum absolute atomic E-state index is 12.1. The maximum Gasteiger partial charge on any atom is 0.408 e. The Bertz CT molecular complexity index is 807. The molecule has 8 heteroatoms. The second kappa shape index (κ2) is 8.52. The number of carboxylic acid groups (broad SMARTS) is 1. The maximum atomic E-state index is 12.1. The summed E-state index contributed by atoms with van der Waals surface area (Å²) >= 11 is 0. The molecule has 0 aliphatic rings. The fraction of sp³-hybridized carbons (Fsp3) is 0.167. The van der Waals surface area contributed by atoms with Gasteiger partial charge in [-0.25, -0.2) is 9.59 Å². The number of amides is 2. The summed E-state index contributed by atoms with van der Waals surface area (Å²) in [5.41, 5.74) is 0.733. The lowest BCUT2D eigenvalue weighted by atomic mass is 10.2. The van der Waals surface area contributed by atoms with Crippen molar-refractivity contribution in [3.8, 4) is 5.75 Å². The number of ether oxygens (including phenoxy) is 1. The van der Waals surface area contributed by atoms with Crippen molar-refractivity contribution in [2.24, 2.45) is 0 Å². The number of carbonyl (C=O) groups is 3. The molecule has 0 aliphatic heterocycles. The van der Waals surface area contributed by atoms with Crippen LogP contribution in [-0.4, -0.2) is 34.2 Å². The van der Waals surface area contributed by atoms with Gasteiger partial charge in [-0.05, 0) is 24.6 Å². The van der Waals surface area contributed by atoms with E-state index in [9.17, 15) is 19.5 Å². The van der Waals surface area contributed by atoms with E-state index in [0.717, 1.165) is 11.6 Å². The Morgan fingerprint density at radius 3 is 2.42 bits per heavy atom. The monoisotopic (exact) mass is 358 g/mol. The molecule has 0 aromatic heterocycles. The lowest BCUT2D eigenvalue weighted by Crippen LogP contribution is -2.41. The molecular weight excluding hydrogens is 340 g/mol. The third kappa shape index (κ3) is 5.23. The van der Waals surface area contributed by atoms with E-state index >= 15 is 0 Å². The van der Waals surface area contributed by atoms with Crippen LogP contribution in [0.5, 0.6) is 5.75 Å². The van der Waals surface area contributed by atoms with Crippen molar-refractivity contribution in [1.82, 2.24) is 5.32 Å². The third-order valence-electron chi connectivity index (χ3n) is 3.44. The first-order valence-corrected chi connectivity index (χ1v) is 7.71. The Morgan fingerprint density at radius 2 is 1.81 bits per heavy atom. The van der Waals surface area contributed by atoms with Gasteiger partial charge in [0.05, 0.1) is 0 Å². The van der Waals surface area contributed by atoms with Gasteiger partial charge in [0.2, 0.25) is 5.91 Å². The molecule has 4 N–H and O–H groups in total. The zero-order valence-electron chi connectivity index (χ0n) is 13.9. The van der Waals surface area contributed by atoms with Gasteiger partial charge in [0.25, 0.3) is 0 Å². The van der Waals surface area contributed by atoms with Crippen molar-refractivity contribution < 1.29 is 29.3 Å². The smallest absolute Gasteiger partial charge is 0.408 e. The average Bonchev–Trinajstić information content (AvgIpc) is 2.60. The number of anilines is 1. The first-order valence-electron chi connectivity index (χ1n) is 7.71. The average molecular weight is 358 g/mol. The van der Waals surface area contributed by atoms with E-state index in [0.29, 0.717) is 0 Å². The molecule has 136 valence electrons. The van der Waals surface area contributed by atoms with Crippen LogP contribution >= 0.6 is 0 Å². The van der Waals surface area contributed by atoms with Crippen LogP contribution < -0.4 is 10.6 Å². The highest BCUT2D eigenvalue weighted by atomic mass is 16.5. The van der Waals surface area contributed by atoms with Gasteiger partial charge in [-0.1, -0.05) is 30.3 Å². The largest absolute Gasteiger partial charge is 0.507 e. The van der Waals surface area contributed by atoms with Crippen molar-refractivity contribution in [2.45, 2.75) is 19.6 Å². The zero-order chi connectivity index (χ0) is 19.1. The predicted octanol–water partition coefficient (Wildman–Crippen LogP) is 2.34. The second-order valence-corrected chi connectivity index (χ2v) is 5.45. The summed E-state index contributed by atoms with van der Waals surface area (Å²) in [7, 11) is 0. The van der Waals surface area contributed by atoms with E-state index < -0.39 is 29.8 Å². The third-order valence-corrected chi connectivity index (χ3v) is 3.44. The number of nitrogens with one attached hydrogen (secondary N) is 2. The van der Waals surface area contributed by atoms with Crippen LogP contribution in [0, 0.1) is 0 Å². The molecule has 26 heavy (non-hydrogen) atoms. The molecule has 0 saturated heterocycles. The number of aromatic hydroxyl groups is 1. The fourth-order valence-electron chi connectivity index (χ4n) is 2.05. The number of hydrogen-bond acceptors (Lipinski definition) is 5.